The maximum atomic E-state index is 10.2. The molecule has 0 atom stereocenters. The van der Waals surface area contributed by atoms with E-state index in [1.807, 2.05) is 30.3 Å². The Balaban J connectivity index is 1.92. The Morgan fingerprint density at radius 1 is 1.00 bits per heavy atom. The normalized spacial score (nSPS) is 10.0. The van der Waals surface area contributed by atoms with Crippen molar-refractivity contribution < 1.29 is 4.79 Å². The fraction of sp³-hybridized carbons (Fsp3) is 0. The van der Waals surface area contributed by atoms with Gasteiger partial charge in [-0.25, -0.2) is 4.79 Å². The van der Waals surface area contributed by atoms with Crippen molar-refractivity contribution in [1.29, 1.82) is 0 Å². The van der Waals surface area contributed by atoms with Gasteiger partial charge in [-0.2, -0.15) is 4.99 Å². The van der Waals surface area contributed by atoms with E-state index >= 15 is 0 Å². The van der Waals surface area contributed by atoms with E-state index in [0.29, 0.717) is 11.5 Å². The van der Waals surface area contributed by atoms with Crippen LogP contribution in [0.1, 0.15) is 0 Å². The minimum atomic E-state index is 0.510. The predicted octanol–water partition coefficient (Wildman–Crippen LogP) is 2.30. The fourth-order valence-corrected chi connectivity index (χ4v) is 1.74. The molecule has 1 aromatic heterocycles. The Bertz CT molecular complexity index is 758. The van der Waals surface area contributed by atoms with Crippen molar-refractivity contribution in [2.45, 2.75) is 0 Å². The van der Waals surface area contributed by atoms with Crippen LogP contribution in [0.5, 0.6) is 0 Å². The number of tetrazole rings is 1. The van der Waals surface area contributed by atoms with Crippen LogP contribution in [-0.4, -0.2) is 26.3 Å². The van der Waals surface area contributed by atoms with Crippen LogP contribution in [0.4, 0.5) is 5.69 Å². The molecule has 0 radical (unpaired) electrons. The van der Waals surface area contributed by atoms with Crippen molar-refractivity contribution in [1.82, 2.24) is 20.2 Å². The third-order valence-electron chi connectivity index (χ3n) is 2.70. The number of rotatable bonds is 3. The summed E-state index contributed by atoms with van der Waals surface area (Å²) in [7, 11) is 0. The standard InChI is InChI=1S/C14H9N5O/c20-10-15-12-8-6-11(7-9-12)14-16-18-19(17-14)13-4-2-1-3-5-13/h1-9H. The van der Waals surface area contributed by atoms with Crippen LogP contribution in [0.25, 0.3) is 17.1 Å². The third kappa shape index (κ3) is 2.36. The maximum absolute atomic E-state index is 10.2. The lowest BCUT2D eigenvalue weighted by Crippen LogP contribution is -1.98. The molecule has 0 unspecified atom stereocenters. The molecule has 0 aliphatic carbocycles. The van der Waals surface area contributed by atoms with Crippen molar-refractivity contribution in [3.8, 4) is 17.1 Å². The molecule has 0 spiro atoms. The van der Waals surface area contributed by atoms with E-state index < -0.39 is 0 Å². The van der Waals surface area contributed by atoms with Gasteiger partial charge in [-0.3, -0.25) is 0 Å². The van der Waals surface area contributed by atoms with Gasteiger partial charge in [0.05, 0.1) is 11.4 Å². The van der Waals surface area contributed by atoms with Gasteiger partial charge in [0.1, 0.15) is 0 Å². The van der Waals surface area contributed by atoms with Gasteiger partial charge in [0.25, 0.3) is 0 Å². The summed E-state index contributed by atoms with van der Waals surface area (Å²) in [6.07, 6.45) is 1.50. The lowest BCUT2D eigenvalue weighted by atomic mass is 10.2. The Kier molecular flexibility index (Phi) is 3.14. The van der Waals surface area contributed by atoms with Gasteiger partial charge in [-0.15, -0.1) is 15.0 Å². The minimum Gasteiger partial charge on any atom is -0.211 e. The van der Waals surface area contributed by atoms with Gasteiger partial charge < -0.3 is 0 Å². The number of hydrogen-bond acceptors (Lipinski definition) is 5. The number of nitrogens with zero attached hydrogens (tertiary/aromatic N) is 5. The first kappa shape index (κ1) is 12.0. The summed E-state index contributed by atoms with van der Waals surface area (Å²) in [5.41, 5.74) is 2.18. The molecule has 0 bridgehead atoms. The monoisotopic (exact) mass is 263 g/mol. The molecule has 96 valence electrons. The van der Waals surface area contributed by atoms with Crippen molar-refractivity contribution in [3.05, 3.63) is 54.6 Å². The second-order valence-corrected chi connectivity index (χ2v) is 3.99. The maximum Gasteiger partial charge on any atom is 0.240 e. The molecule has 0 aliphatic heterocycles. The zero-order valence-corrected chi connectivity index (χ0v) is 10.3. The summed E-state index contributed by atoms with van der Waals surface area (Å²) in [6, 6.07) is 16.5. The minimum absolute atomic E-state index is 0.510. The first-order valence-electron chi connectivity index (χ1n) is 5.90. The highest BCUT2D eigenvalue weighted by Gasteiger charge is 2.06. The molecule has 6 nitrogen and oxygen atoms in total. The third-order valence-corrected chi connectivity index (χ3v) is 2.70. The summed E-state index contributed by atoms with van der Waals surface area (Å²) in [6.45, 7) is 0. The van der Waals surface area contributed by atoms with E-state index in [9.17, 15) is 4.79 Å². The zero-order valence-electron chi connectivity index (χ0n) is 10.3. The summed E-state index contributed by atoms with van der Waals surface area (Å²) in [5.74, 6) is 0.510. The number of aliphatic imine (C=N–C) groups is 1. The number of aromatic nitrogens is 4. The molecule has 3 aromatic rings. The number of carbonyl (C=O) groups excluding carboxylic acids is 1. The van der Waals surface area contributed by atoms with Crippen LogP contribution in [-0.2, 0) is 4.79 Å². The average Bonchev–Trinajstić information content (AvgIpc) is 2.99. The van der Waals surface area contributed by atoms with Crippen molar-refractivity contribution >= 4 is 11.8 Å². The van der Waals surface area contributed by atoms with Crippen molar-refractivity contribution in [2.75, 3.05) is 0 Å². The highest BCUT2D eigenvalue weighted by molar-refractivity contribution is 5.59. The van der Waals surface area contributed by atoms with Crippen LogP contribution in [0.3, 0.4) is 0 Å². The fourth-order valence-electron chi connectivity index (χ4n) is 1.74. The summed E-state index contributed by atoms with van der Waals surface area (Å²) in [5, 5.41) is 12.3. The first-order valence-corrected chi connectivity index (χ1v) is 5.90. The smallest absolute Gasteiger partial charge is 0.211 e. The second-order valence-electron chi connectivity index (χ2n) is 3.99. The van der Waals surface area contributed by atoms with Crippen LogP contribution in [0.15, 0.2) is 59.6 Å². The van der Waals surface area contributed by atoms with E-state index in [-0.39, 0.29) is 0 Å². The van der Waals surface area contributed by atoms with Crippen LogP contribution in [0, 0.1) is 0 Å². The average molecular weight is 263 g/mol. The van der Waals surface area contributed by atoms with Crippen LogP contribution in [0.2, 0.25) is 0 Å². The highest BCUT2D eigenvalue weighted by Crippen LogP contribution is 2.19. The molecule has 3 rings (SSSR count). The molecule has 20 heavy (non-hydrogen) atoms. The number of isocyanates is 1. The molecule has 0 saturated heterocycles. The Morgan fingerprint density at radius 3 is 2.45 bits per heavy atom. The van der Waals surface area contributed by atoms with E-state index in [4.69, 9.17) is 0 Å². The number of para-hydroxylation sites is 1. The van der Waals surface area contributed by atoms with Crippen LogP contribution >= 0.6 is 0 Å². The lowest BCUT2D eigenvalue weighted by Gasteiger charge is -1.96. The van der Waals surface area contributed by atoms with Gasteiger partial charge in [-0.05, 0) is 41.6 Å². The van der Waals surface area contributed by atoms with E-state index in [0.717, 1.165) is 11.3 Å². The molecular formula is C14H9N5O. The number of benzene rings is 2. The molecule has 2 aromatic carbocycles. The van der Waals surface area contributed by atoms with E-state index in [1.54, 1.807) is 24.3 Å². The van der Waals surface area contributed by atoms with Gasteiger partial charge >= 0.3 is 0 Å². The van der Waals surface area contributed by atoms with Gasteiger partial charge in [0, 0.05) is 5.56 Å². The Morgan fingerprint density at radius 2 is 1.75 bits per heavy atom. The molecule has 0 aliphatic rings. The zero-order chi connectivity index (χ0) is 13.8. The SMILES string of the molecule is O=C=Nc1ccc(-c2nnn(-c3ccccc3)n2)cc1. The largest absolute Gasteiger partial charge is 0.240 e. The molecular weight excluding hydrogens is 254 g/mol. The van der Waals surface area contributed by atoms with Crippen LogP contribution < -0.4 is 0 Å². The predicted molar refractivity (Wildman–Crippen MR) is 72.4 cm³/mol. The lowest BCUT2D eigenvalue weighted by molar-refractivity contribution is 0.565. The van der Waals surface area contributed by atoms with E-state index in [1.165, 1.54) is 10.9 Å². The highest BCUT2D eigenvalue weighted by atomic mass is 16.1. The van der Waals surface area contributed by atoms with Crippen molar-refractivity contribution in [3.63, 3.8) is 0 Å². The van der Waals surface area contributed by atoms with E-state index in [2.05, 4.69) is 20.4 Å². The van der Waals surface area contributed by atoms with Crippen molar-refractivity contribution in [2.24, 2.45) is 4.99 Å². The van der Waals surface area contributed by atoms with Gasteiger partial charge in [0.15, 0.2) is 0 Å². The Labute approximate surface area is 114 Å². The molecule has 1 heterocycles. The summed E-state index contributed by atoms with van der Waals surface area (Å²) in [4.78, 5) is 15.2. The topological polar surface area (TPSA) is 73.0 Å². The molecule has 0 amide bonds. The summed E-state index contributed by atoms with van der Waals surface area (Å²) < 4.78 is 0. The molecule has 6 heteroatoms. The second kappa shape index (κ2) is 5.26. The summed E-state index contributed by atoms with van der Waals surface area (Å²) >= 11 is 0. The molecule has 0 fully saturated rings. The van der Waals surface area contributed by atoms with Gasteiger partial charge in [-0.1, -0.05) is 18.2 Å². The quantitative estimate of drug-likeness (QED) is 0.537. The first-order chi connectivity index (χ1) is 9.86. The molecule has 0 saturated carbocycles. The van der Waals surface area contributed by atoms with Gasteiger partial charge in [0.2, 0.25) is 11.9 Å². The Hall–Kier alpha value is -3.11. The number of hydrogen-bond donors (Lipinski definition) is 0. The molecule has 0 N–H and O–H groups in total.